The molecule has 0 spiro atoms. The molecule has 0 fully saturated rings. The van der Waals surface area contributed by atoms with E-state index in [1.54, 1.807) is 6.07 Å². The number of hydrogen-bond donors (Lipinski definition) is 1. The molecule has 4 nitrogen and oxygen atoms in total. The first-order valence-electron chi connectivity index (χ1n) is 4.64. The van der Waals surface area contributed by atoms with E-state index in [1.165, 1.54) is 38.3 Å². The first-order chi connectivity index (χ1) is 7.54. The molecule has 0 radical (unpaired) electrons. The molecule has 0 amide bonds. The number of ketones is 1. The third-order valence-electron chi connectivity index (χ3n) is 2.01. The molecule has 0 aliphatic heterocycles. The number of benzene rings is 1. The van der Waals surface area contributed by atoms with Crippen molar-refractivity contribution in [3.8, 4) is 5.75 Å². The summed E-state index contributed by atoms with van der Waals surface area (Å²) in [5, 5.41) is 9.51. The van der Waals surface area contributed by atoms with Crippen molar-refractivity contribution in [2.45, 2.75) is 6.92 Å². The smallest absolute Gasteiger partial charge is 0.330 e. The highest BCUT2D eigenvalue weighted by Crippen LogP contribution is 2.19. The van der Waals surface area contributed by atoms with Crippen molar-refractivity contribution >= 4 is 17.8 Å². The third kappa shape index (κ3) is 2.95. The van der Waals surface area contributed by atoms with Crippen LogP contribution in [0.3, 0.4) is 0 Å². The summed E-state index contributed by atoms with van der Waals surface area (Å²) in [7, 11) is 1.28. The van der Waals surface area contributed by atoms with Crippen molar-refractivity contribution in [1.29, 1.82) is 0 Å². The molecule has 0 aliphatic carbocycles. The third-order valence-corrected chi connectivity index (χ3v) is 2.01. The number of esters is 1. The van der Waals surface area contributed by atoms with Crippen LogP contribution in [0.5, 0.6) is 5.75 Å². The Morgan fingerprint density at radius 3 is 2.56 bits per heavy atom. The summed E-state index contributed by atoms with van der Waals surface area (Å²) in [6.45, 7) is 1.37. The highest BCUT2D eigenvalue weighted by molar-refractivity contribution is 5.97. The van der Waals surface area contributed by atoms with Crippen molar-refractivity contribution in [2.24, 2.45) is 0 Å². The fraction of sp³-hybridized carbons (Fsp3) is 0.167. The maximum Gasteiger partial charge on any atom is 0.330 e. The molecule has 0 bridgehead atoms. The highest BCUT2D eigenvalue weighted by Gasteiger charge is 2.05. The van der Waals surface area contributed by atoms with E-state index in [0.29, 0.717) is 5.56 Å². The molecule has 1 N–H and O–H groups in total. The van der Waals surface area contributed by atoms with Crippen LogP contribution in [0.2, 0.25) is 0 Å². The summed E-state index contributed by atoms with van der Waals surface area (Å²) < 4.78 is 4.42. The van der Waals surface area contributed by atoms with Crippen LogP contribution in [0.25, 0.3) is 6.08 Å². The van der Waals surface area contributed by atoms with Gasteiger partial charge >= 0.3 is 5.97 Å². The number of phenols is 1. The second-order valence-corrected chi connectivity index (χ2v) is 3.19. The van der Waals surface area contributed by atoms with E-state index in [-0.39, 0.29) is 17.1 Å². The van der Waals surface area contributed by atoms with E-state index >= 15 is 0 Å². The molecule has 4 heteroatoms. The Bertz CT molecular complexity index is 446. The molecule has 0 aromatic heterocycles. The van der Waals surface area contributed by atoms with E-state index in [4.69, 9.17) is 0 Å². The molecule has 84 valence electrons. The number of Topliss-reactive ketones (excluding diaryl/α,β-unsaturated/α-hetero) is 1. The van der Waals surface area contributed by atoms with Gasteiger partial charge in [-0.3, -0.25) is 4.79 Å². The van der Waals surface area contributed by atoms with Gasteiger partial charge < -0.3 is 9.84 Å². The molecule has 0 unspecified atom stereocenters. The van der Waals surface area contributed by atoms with E-state index in [1.807, 2.05) is 0 Å². The first-order valence-corrected chi connectivity index (χ1v) is 4.64. The van der Waals surface area contributed by atoms with Crippen LogP contribution in [0.4, 0.5) is 0 Å². The quantitative estimate of drug-likeness (QED) is 0.479. The van der Waals surface area contributed by atoms with Gasteiger partial charge in [-0.2, -0.15) is 0 Å². The summed E-state index contributed by atoms with van der Waals surface area (Å²) in [4.78, 5) is 21.9. The Hall–Kier alpha value is -2.10. The summed E-state index contributed by atoms with van der Waals surface area (Å²) in [6, 6.07) is 4.56. The SMILES string of the molecule is COC(=O)C=Cc1ccc(C(C)=O)c(O)c1. The number of methoxy groups -OCH3 is 1. The molecule has 1 aromatic carbocycles. The standard InChI is InChI=1S/C12H12O4/c1-8(13)10-5-3-9(7-11(10)14)4-6-12(15)16-2/h3-7,14H,1-2H3. The van der Waals surface area contributed by atoms with Crippen molar-refractivity contribution in [3.05, 3.63) is 35.4 Å². The van der Waals surface area contributed by atoms with Gasteiger partial charge in [0.15, 0.2) is 5.78 Å². The van der Waals surface area contributed by atoms with Crippen molar-refractivity contribution in [2.75, 3.05) is 7.11 Å². The minimum atomic E-state index is -0.477. The number of aromatic hydroxyl groups is 1. The topological polar surface area (TPSA) is 63.6 Å². The number of carbonyl (C=O) groups excluding carboxylic acids is 2. The lowest BCUT2D eigenvalue weighted by Gasteiger charge is -2.01. The lowest BCUT2D eigenvalue weighted by Crippen LogP contribution is -1.94. The van der Waals surface area contributed by atoms with Gasteiger partial charge in [0.25, 0.3) is 0 Å². The monoisotopic (exact) mass is 220 g/mol. The molecular weight excluding hydrogens is 208 g/mol. The number of phenolic OH excluding ortho intramolecular Hbond substituents is 1. The molecule has 0 saturated carbocycles. The fourth-order valence-electron chi connectivity index (χ4n) is 1.18. The Labute approximate surface area is 93.2 Å². The van der Waals surface area contributed by atoms with Gasteiger partial charge in [0, 0.05) is 6.08 Å². The van der Waals surface area contributed by atoms with Gasteiger partial charge in [0.05, 0.1) is 12.7 Å². The Balaban J connectivity index is 2.94. The van der Waals surface area contributed by atoms with Gasteiger partial charge in [0.2, 0.25) is 0 Å². The van der Waals surface area contributed by atoms with Gasteiger partial charge in [-0.1, -0.05) is 6.07 Å². The van der Waals surface area contributed by atoms with E-state index in [9.17, 15) is 14.7 Å². The average Bonchev–Trinajstić information content (AvgIpc) is 2.25. The largest absolute Gasteiger partial charge is 0.507 e. The normalized spacial score (nSPS) is 10.4. The Morgan fingerprint density at radius 2 is 2.06 bits per heavy atom. The van der Waals surface area contributed by atoms with Crippen LogP contribution in [-0.4, -0.2) is 24.0 Å². The van der Waals surface area contributed by atoms with E-state index in [0.717, 1.165) is 0 Å². The van der Waals surface area contributed by atoms with Crippen LogP contribution in [0.1, 0.15) is 22.8 Å². The number of hydrogen-bond acceptors (Lipinski definition) is 4. The zero-order valence-corrected chi connectivity index (χ0v) is 9.06. The van der Waals surface area contributed by atoms with E-state index in [2.05, 4.69) is 4.74 Å². The molecule has 1 rings (SSSR count). The molecule has 0 heterocycles. The molecular formula is C12H12O4. The van der Waals surface area contributed by atoms with E-state index < -0.39 is 5.97 Å². The van der Waals surface area contributed by atoms with Crippen molar-refractivity contribution in [1.82, 2.24) is 0 Å². The van der Waals surface area contributed by atoms with Crippen LogP contribution in [0, 0.1) is 0 Å². The summed E-state index contributed by atoms with van der Waals surface area (Å²) in [5.41, 5.74) is 0.878. The second-order valence-electron chi connectivity index (χ2n) is 3.19. The Morgan fingerprint density at radius 1 is 1.38 bits per heavy atom. The molecule has 1 aromatic rings. The van der Waals surface area contributed by atoms with Crippen molar-refractivity contribution in [3.63, 3.8) is 0 Å². The summed E-state index contributed by atoms with van der Waals surface area (Å²) >= 11 is 0. The van der Waals surface area contributed by atoms with Gasteiger partial charge in [-0.05, 0) is 30.7 Å². The van der Waals surface area contributed by atoms with Gasteiger partial charge in [0.1, 0.15) is 5.75 Å². The van der Waals surface area contributed by atoms with Gasteiger partial charge in [-0.15, -0.1) is 0 Å². The molecule has 0 atom stereocenters. The lowest BCUT2D eigenvalue weighted by atomic mass is 10.1. The molecule has 0 saturated heterocycles. The number of ether oxygens (including phenoxy) is 1. The van der Waals surface area contributed by atoms with Crippen LogP contribution >= 0.6 is 0 Å². The highest BCUT2D eigenvalue weighted by atomic mass is 16.5. The zero-order chi connectivity index (χ0) is 12.1. The zero-order valence-electron chi connectivity index (χ0n) is 9.06. The number of carbonyl (C=O) groups is 2. The summed E-state index contributed by atoms with van der Waals surface area (Å²) in [5.74, 6) is -0.782. The average molecular weight is 220 g/mol. The second kappa shape index (κ2) is 5.11. The van der Waals surface area contributed by atoms with Gasteiger partial charge in [-0.25, -0.2) is 4.79 Å². The fourth-order valence-corrected chi connectivity index (χ4v) is 1.18. The lowest BCUT2D eigenvalue weighted by molar-refractivity contribution is -0.134. The Kier molecular flexibility index (Phi) is 3.83. The first kappa shape index (κ1) is 12.0. The van der Waals surface area contributed by atoms with Crippen LogP contribution < -0.4 is 0 Å². The van der Waals surface area contributed by atoms with Crippen LogP contribution in [0.15, 0.2) is 24.3 Å². The number of rotatable bonds is 3. The predicted octanol–water partition coefficient (Wildman–Crippen LogP) is 1.78. The van der Waals surface area contributed by atoms with Crippen molar-refractivity contribution < 1.29 is 19.4 Å². The maximum absolute atomic E-state index is 11.0. The molecule has 16 heavy (non-hydrogen) atoms. The predicted molar refractivity (Wildman–Crippen MR) is 59.2 cm³/mol. The molecule has 0 aliphatic rings. The minimum absolute atomic E-state index is 0.0977. The van der Waals surface area contributed by atoms with Crippen LogP contribution in [-0.2, 0) is 9.53 Å². The minimum Gasteiger partial charge on any atom is -0.507 e. The summed E-state index contributed by atoms with van der Waals surface area (Å²) in [6.07, 6.45) is 2.73. The maximum atomic E-state index is 11.0.